The molecule has 0 aromatic heterocycles. The number of hydrogen-bond donors (Lipinski definition) is 0. The van der Waals surface area contributed by atoms with E-state index in [4.69, 9.17) is 22.8 Å². The van der Waals surface area contributed by atoms with Gasteiger partial charge in [0.15, 0.2) is 0 Å². The zero-order valence-electron chi connectivity index (χ0n) is 14.9. The lowest BCUT2D eigenvalue weighted by Gasteiger charge is -2.33. The normalized spacial score (nSPS) is 20.9. The Bertz CT molecular complexity index is 278. The summed E-state index contributed by atoms with van der Waals surface area (Å²) < 4.78 is 29.6. The van der Waals surface area contributed by atoms with Crippen LogP contribution >= 0.6 is 0 Å². The summed E-state index contributed by atoms with van der Waals surface area (Å²) in [6.07, 6.45) is 3.33. The van der Waals surface area contributed by atoms with Gasteiger partial charge in [0.05, 0.1) is 19.3 Å². The summed E-state index contributed by atoms with van der Waals surface area (Å²) in [7, 11) is -2.70. The Morgan fingerprint density at radius 2 is 1.64 bits per heavy atom. The van der Waals surface area contributed by atoms with Gasteiger partial charge in [0, 0.05) is 25.4 Å². The molecule has 0 spiro atoms. The summed E-state index contributed by atoms with van der Waals surface area (Å²) in [6.45, 7) is 13.3. The Morgan fingerprint density at radius 1 is 1.05 bits per heavy atom. The van der Waals surface area contributed by atoms with E-state index in [-0.39, 0.29) is 18.3 Å². The Balaban J connectivity index is 2.63. The third-order valence-corrected chi connectivity index (χ3v) is 6.64. The second-order valence-electron chi connectivity index (χ2n) is 6.02. The van der Waals surface area contributed by atoms with Crippen LogP contribution in [-0.2, 0) is 22.8 Å². The molecule has 1 aliphatic rings. The van der Waals surface area contributed by atoms with Gasteiger partial charge in [-0.25, -0.2) is 0 Å². The second-order valence-corrected chi connectivity index (χ2v) is 8.61. The summed E-state index contributed by atoms with van der Waals surface area (Å²) in [5, 5.41) is 0. The highest BCUT2D eigenvalue weighted by molar-refractivity contribution is 6.61. The van der Waals surface area contributed by atoms with E-state index in [9.17, 15) is 0 Å². The van der Waals surface area contributed by atoms with Crippen LogP contribution < -0.4 is 0 Å². The maximum Gasteiger partial charge on any atom is 0.503 e. The van der Waals surface area contributed by atoms with Gasteiger partial charge in [-0.3, -0.25) is 0 Å². The molecule has 0 saturated carbocycles. The van der Waals surface area contributed by atoms with Gasteiger partial charge >= 0.3 is 8.80 Å². The van der Waals surface area contributed by atoms with Crippen LogP contribution in [0.25, 0.3) is 0 Å². The largest absolute Gasteiger partial charge is 0.503 e. The van der Waals surface area contributed by atoms with Gasteiger partial charge in [-0.2, -0.15) is 0 Å². The average Bonchev–Trinajstić information content (AvgIpc) is 3.33. The molecule has 5 nitrogen and oxygen atoms in total. The summed E-state index contributed by atoms with van der Waals surface area (Å²) in [6, 6.07) is 0.698. The molecule has 0 aromatic carbocycles. The molecule has 0 aliphatic carbocycles. The highest BCUT2D eigenvalue weighted by atomic mass is 28.4. The quantitative estimate of drug-likeness (QED) is 0.360. The van der Waals surface area contributed by atoms with E-state index in [1.54, 1.807) is 0 Å². The van der Waals surface area contributed by atoms with Crippen LogP contribution in [0.5, 0.6) is 0 Å². The second kappa shape index (κ2) is 10.7. The fourth-order valence-electron chi connectivity index (χ4n) is 2.03. The van der Waals surface area contributed by atoms with Crippen molar-refractivity contribution in [3.63, 3.8) is 0 Å². The van der Waals surface area contributed by atoms with Gasteiger partial charge in [-0.15, -0.1) is 0 Å². The number of ether oxygens (including phenoxy) is 2. The molecule has 6 heteroatoms. The zero-order valence-corrected chi connectivity index (χ0v) is 15.9. The van der Waals surface area contributed by atoms with E-state index in [1.165, 1.54) is 0 Å². The Labute approximate surface area is 137 Å². The summed E-state index contributed by atoms with van der Waals surface area (Å²) in [4.78, 5) is 0. The molecule has 1 heterocycles. The lowest BCUT2D eigenvalue weighted by atomic mass is 10.3. The van der Waals surface area contributed by atoms with Crippen molar-refractivity contribution in [1.82, 2.24) is 0 Å². The van der Waals surface area contributed by atoms with Crippen LogP contribution in [0.1, 0.15) is 53.9 Å². The fraction of sp³-hybridized carbons (Fsp3) is 1.00. The monoisotopic (exact) mass is 334 g/mol. The van der Waals surface area contributed by atoms with E-state index < -0.39 is 8.80 Å². The van der Waals surface area contributed by atoms with Crippen molar-refractivity contribution in [2.45, 2.75) is 78.2 Å². The minimum Gasteiger partial charge on any atom is -0.376 e. The highest BCUT2D eigenvalue weighted by Crippen LogP contribution is 2.24. The number of epoxide rings is 1. The standard InChI is InChI=1S/C16H34O5Si/c1-6-9-19-22(20-10-7-2,21-14(4)8-3)13-15(5)17-11-16-12-18-16/h14-16H,6-13H2,1-5H3. The van der Waals surface area contributed by atoms with Crippen molar-refractivity contribution in [2.75, 3.05) is 26.4 Å². The molecule has 1 saturated heterocycles. The van der Waals surface area contributed by atoms with Crippen molar-refractivity contribution in [3.05, 3.63) is 0 Å². The molecular formula is C16H34O5Si. The van der Waals surface area contributed by atoms with Gasteiger partial charge in [0.2, 0.25) is 0 Å². The molecule has 0 amide bonds. The molecule has 3 atom stereocenters. The van der Waals surface area contributed by atoms with Gasteiger partial charge in [0.25, 0.3) is 0 Å². The third-order valence-electron chi connectivity index (χ3n) is 3.51. The van der Waals surface area contributed by atoms with Crippen molar-refractivity contribution in [2.24, 2.45) is 0 Å². The molecule has 1 rings (SSSR count). The molecule has 1 fully saturated rings. The molecule has 132 valence electrons. The Kier molecular flexibility index (Phi) is 9.78. The van der Waals surface area contributed by atoms with Crippen LogP contribution in [0.15, 0.2) is 0 Å². The Hall–Kier alpha value is 0.0169. The molecule has 0 N–H and O–H groups in total. The van der Waals surface area contributed by atoms with Crippen molar-refractivity contribution >= 4 is 8.80 Å². The first kappa shape index (κ1) is 20.1. The lowest BCUT2D eigenvalue weighted by molar-refractivity contribution is 0.00667. The zero-order chi connectivity index (χ0) is 16.4. The molecule has 0 radical (unpaired) electrons. The smallest absolute Gasteiger partial charge is 0.376 e. The van der Waals surface area contributed by atoms with Crippen LogP contribution in [0.3, 0.4) is 0 Å². The number of rotatable bonds is 14. The van der Waals surface area contributed by atoms with E-state index in [0.29, 0.717) is 25.9 Å². The summed E-state index contributed by atoms with van der Waals surface area (Å²) in [5.74, 6) is 0. The fourth-order valence-corrected chi connectivity index (χ4v) is 5.21. The lowest BCUT2D eigenvalue weighted by Crippen LogP contribution is -2.50. The van der Waals surface area contributed by atoms with Gasteiger partial charge in [-0.05, 0) is 33.1 Å². The molecule has 1 aliphatic heterocycles. The minimum atomic E-state index is -2.70. The van der Waals surface area contributed by atoms with Gasteiger partial charge < -0.3 is 22.8 Å². The molecular weight excluding hydrogens is 300 g/mol. The predicted octanol–water partition coefficient (Wildman–Crippen LogP) is 3.40. The first-order valence-electron chi connectivity index (χ1n) is 8.74. The van der Waals surface area contributed by atoms with E-state index >= 15 is 0 Å². The molecule has 3 unspecified atom stereocenters. The van der Waals surface area contributed by atoms with Gasteiger partial charge in [-0.1, -0.05) is 20.8 Å². The third kappa shape index (κ3) is 8.03. The van der Waals surface area contributed by atoms with E-state index in [0.717, 1.165) is 25.9 Å². The van der Waals surface area contributed by atoms with E-state index in [2.05, 4.69) is 34.6 Å². The SMILES string of the molecule is CCCO[Si](CC(C)OCC1CO1)(OCCC)OC(C)CC. The summed E-state index contributed by atoms with van der Waals surface area (Å²) in [5.41, 5.74) is 0. The first-order chi connectivity index (χ1) is 10.5. The molecule has 0 aromatic rings. The average molecular weight is 335 g/mol. The topological polar surface area (TPSA) is 49.5 Å². The van der Waals surface area contributed by atoms with Gasteiger partial charge in [0.1, 0.15) is 6.10 Å². The van der Waals surface area contributed by atoms with Crippen molar-refractivity contribution in [1.29, 1.82) is 0 Å². The maximum atomic E-state index is 6.27. The van der Waals surface area contributed by atoms with E-state index in [1.807, 2.05) is 0 Å². The maximum absolute atomic E-state index is 6.27. The molecule has 22 heavy (non-hydrogen) atoms. The van der Waals surface area contributed by atoms with Crippen LogP contribution in [0.4, 0.5) is 0 Å². The predicted molar refractivity (Wildman–Crippen MR) is 89.0 cm³/mol. The Morgan fingerprint density at radius 3 is 2.09 bits per heavy atom. The van der Waals surface area contributed by atoms with Crippen LogP contribution in [-0.4, -0.2) is 53.5 Å². The number of hydrogen-bond acceptors (Lipinski definition) is 5. The van der Waals surface area contributed by atoms with Crippen molar-refractivity contribution in [3.8, 4) is 0 Å². The molecule has 0 bridgehead atoms. The van der Waals surface area contributed by atoms with Crippen molar-refractivity contribution < 1.29 is 22.8 Å². The highest BCUT2D eigenvalue weighted by Gasteiger charge is 2.44. The van der Waals surface area contributed by atoms with Crippen LogP contribution in [0.2, 0.25) is 6.04 Å². The summed E-state index contributed by atoms with van der Waals surface area (Å²) >= 11 is 0. The minimum absolute atomic E-state index is 0.0497. The first-order valence-corrected chi connectivity index (χ1v) is 10.7. The van der Waals surface area contributed by atoms with Crippen LogP contribution in [0, 0.1) is 0 Å².